The molecule has 0 unspecified atom stereocenters. The zero-order valence-electron chi connectivity index (χ0n) is 15.1. The normalized spacial score (nSPS) is 17.1. The van der Waals surface area contributed by atoms with Crippen LogP contribution in [0.3, 0.4) is 0 Å². The number of piperidine rings is 1. The molecule has 0 N–H and O–H groups in total. The maximum absolute atomic E-state index is 13.1. The van der Waals surface area contributed by atoms with Crippen molar-refractivity contribution < 1.29 is 9.32 Å². The van der Waals surface area contributed by atoms with E-state index in [0.717, 1.165) is 24.9 Å². The third kappa shape index (κ3) is 3.60. The van der Waals surface area contributed by atoms with E-state index in [1.807, 2.05) is 41.3 Å². The SMILES string of the molecule is C[C@@H]1CCCCN1C(=O)c1ccccc1-c1nc(-c2ccc(Cl)cc2)no1. The van der Waals surface area contributed by atoms with Gasteiger partial charge in [-0.1, -0.05) is 28.9 Å². The van der Waals surface area contributed by atoms with Crippen LogP contribution in [0.25, 0.3) is 22.8 Å². The topological polar surface area (TPSA) is 59.2 Å². The molecule has 0 bridgehead atoms. The fourth-order valence-electron chi connectivity index (χ4n) is 3.46. The molecule has 1 saturated heterocycles. The molecule has 1 atom stereocenters. The lowest BCUT2D eigenvalue weighted by molar-refractivity contribution is 0.0636. The molecule has 0 spiro atoms. The van der Waals surface area contributed by atoms with Crippen LogP contribution < -0.4 is 0 Å². The lowest BCUT2D eigenvalue weighted by Crippen LogP contribution is -2.42. The number of benzene rings is 2. The van der Waals surface area contributed by atoms with Crippen molar-refractivity contribution in [1.29, 1.82) is 0 Å². The lowest BCUT2D eigenvalue weighted by atomic mass is 10.00. The molecule has 4 rings (SSSR count). The highest BCUT2D eigenvalue weighted by atomic mass is 35.5. The molecule has 1 aliphatic heterocycles. The third-order valence-electron chi connectivity index (χ3n) is 4.98. The predicted molar refractivity (Wildman–Crippen MR) is 105 cm³/mol. The molecule has 1 aromatic heterocycles. The standard InChI is InChI=1S/C21H20ClN3O2/c1-14-6-4-5-13-25(14)21(26)18-8-3-2-7-17(18)20-23-19(24-27-20)15-9-11-16(22)12-10-15/h2-3,7-12,14H,4-6,13H2,1H3/t14-/m1/s1. The van der Waals surface area contributed by atoms with Crippen molar-refractivity contribution in [3.8, 4) is 22.8 Å². The van der Waals surface area contributed by atoms with Crippen LogP contribution in [-0.4, -0.2) is 33.5 Å². The van der Waals surface area contributed by atoms with Gasteiger partial charge in [-0.25, -0.2) is 0 Å². The largest absolute Gasteiger partial charge is 0.336 e. The minimum absolute atomic E-state index is 0.0176. The van der Waals surface area contributed by atoms with Crippen LogP contribution in [0.5, 0.6) is 0 Å². The summed E-state index contributed by atoms with van der Waals surface area (Å²) in [6.45, 7) is 2.89. The summed E-state index contributed by atoms with van der Waals surface area (Å²) in [6, 6.07) is 14.9. The van der Waals surface area contributed by atoms with E-state index < -0.39 is 0 Å². The Bertz CT molecular complexity index is 952. The van der Waals surface area contributed by atoms with Gasteiger partial charge in [0.1, 0.15) is 0 Å². The molecule has 6 heteroatoms. The molecule has 138 valence electrons. The van der Waals surface area contributed by atoms with Crippen LogP contribution in [0.1, 0.15) is 36.5 Å². The summed E-state index contributed by atoms with van der Waals surface area (Å²) in [6.07, 6.45) is 3.25. The van der Waals surface area contributed by atoms with E-state index in [0.29, 0.717) is 27.9 Å². The Hall–Kier alpha value is -2.66. The average molecular weight is 382 g/mol. The molecular weight excluding hydrogens is 362 g/mol. The van der Waals surface area contributed by atoms with Gasteiger partial charge in [-0.05, 0) is 62.6 Å². The van der Waals surface area contributed by atoms with Crippen molar-refractivity contribution in [1.82, 2.24) is 15.0 Å². The van der Waals surface area contributed by atoms with Crippen LogP contribution in [0, 0.1) is 0 Å². The molecule has 5 nitrogen and oxygen atoms in total. The van der Waals surface area contributed by atoms with Crippen LogP contribution in [0.15, 0.2) is 53.1 Å². The van der Waals surface area contributed by atoms with Gasteiger partial charge >= 0.3 is 0 Å². The number of carbonyl (C=O) groups is 1. The van der Waals surface area contributed by atoms with E-state index in [9.17, 15) is 4.79 Å². The molecule has 1 amide bonds. The van der Waals surface area contributed by atoms with Gasteiger partial charge in [0.2, 0.25) is 5.82 Å². The summed E-state index contributed by atoms with van der Waals surface area (Å²) in [5.74, 6) is 0.827. The number of hydrogen-bond donors (Lipinski definition) is 0. The molecule has 1 aliphatic rings. The van der Waals surface area contributed by atoms with Gasteiger partial charge in [-0.15, -0.1) is 0 Å². The van der Waals surface area contributed by atoms with Gasteiger partial charge in [-0.2, -0.15) is 4.98 Å². The first-order valence-electron chi connectivity index (χ1n) is 9.13. The van der Waals surface area contributed by atoms with E-state index in [2.05, 4.69) is 17.1 Å². The number of aromatic nitrogens is 2. The average Bonchev–Trinajstić information content (AvgIpc) is 3.18. The Balaban J connectivity index is 1.67. The van der Waals surface area contributed by atoms with Crippen molar-refractivity contribution >= 4 is 17.5 Å². The van der Waals surface area contributed by atoms with Crippen LogP contribution in [-0.2, 0) is 0 Å². The van der Waals surface area contributed by atoms with Crippen molar-refractivity contribution in [2.75, 3.05) is 6.54 Å². The minimum atomic E-state index is 0.0176. The molecule has 0 saturated carbocycles. The van der Waals surface area contributed by atoms with Crippen LogP contribution in [0.4, 0.5) is 0 Å². The second-order valence-corrected chi connectivity index (χ2v) is 7.26. The highest BCUT2D eigenvalue weighted by Crippen LogP contribution is 2.28. The zero-order chi connectivity index (χ0) is 18.8. The molecule has 0 aliphatic carbocycles. The first-order valence-corrected chi connectivity index (χ1v) is 9.51. The Morgan fingerprint density at radius 1 is 1.15 bits per heavy atom. The van der Waals surface area contributed by atoms with Gasteiger partial charge in [0.05, 0.1) is 11.1 Å². The van der Waals surface area contributed by atoms with Gasteiger partial charge in [0.25, 0.3) is 11.8 Å². The summed E-state index contributed by atoms with van der Waals surface area (Å²) in [5, 5.41) is 4.71. The minimum Gasteiger partial charge on any atom is -0.336 e. The summed E-state index contributed by atoms with van der Waals surface area (Å²) in [4.78, 5) is 19.6. The second-order valence-electron chi connectivity index (χ2n) is 6.82. The van der Waals surface area contributed by atoms with E-state index in [-0.39, 0.29) is 11.9 Å². The van der Waals surface area contributed by atoms with E-state index in [1.165, 1.54) is 6.42 Å². The Morgan fingerprint density at radius 3 is 2.70 bits per heavy atom. The third-order valence-corrected chi connectivity index (χ3v) is 5.23. The maximum Gasteiger partial charge on any atom is 0.259 e. The zero-order valence-corrected chi connectivity index (χ0v) is 15.8. The quantitative estimate of drug-likeness (QED) is 0.635. The fraction of sp³-hybridized carbons (Fsp3) is 0.286. The number of carbonyl (C=O) groups excluding carboxylic acids is 1. The van der Waals surface area contributed by atoms with E-state index in [1.54, 1.807) is 12.1 Å². The van der Waals surface area contributed by atoms with Crippen molar-refractivity contribution in [3.05, 3.63) is 59.1 Å². The Morgan fingerprint density at radius 2 is 1.93 bits per heavy atom. The summed E-state index contributed by atoms with van der Waals surface area (Å²) in [5.41, 5.74) is 2.06. The number of halogens is 1. The fourth-order valence-corrected chi connectivity index (χ4v) is 3.59. The Kier molecular flexibility index (Phi) is 4.94. The molecule has 2 aromatic carbocycles. The van der Waals surface area contributed by atoms with E-state index in [4.69, 9.17) is 16.1 Å². The number of amides is 1. The van der Waals surface area contributed by atoms with Crippen LogP contribution >= 0.6 is 11.6 Å². The summed E-state index contributed by atoms with van der Waals surface area (Å²) >= 11 is 5.94. The molecule has 1 fully saturated rings. The monoisotopic (exact) mass is 381 g/mol. The number of rotatable bonds is 3. The van der Waals surface area contributed by atoms with E-state index >= 15 is 0 Å². The van der Waals surface area contributed by atoms with Crippen LogP contribution in [0.2, 0.25) is 5.02 Å². The molecule has 2 heterocycles. The van der Waals surface area contributed by atoms with Crippen molar-refractivity contribution in [2.45, 2.75) is 32.2 Å². The smallest absolute Gasteiger partial charge is 0.259 e. The molecule has 0 radical (unpaired) electrons. The second kappa shape index (κ2) is 7.53. The van der Waals surface area contributed by atoms with Gasteiger partial charge in [-0.3, -0.25) is 4.79 Å². The molecular formula is C21H20ClN3O2. The number of hydrogen-bond acceptors (Lipinski definition) is 4. The lowest BCUT2D eigenvalue weighted by Gasteiger charge is -2.33. The van der Waals surface area contributed by atoms with Crippen molar-refractivity contribution in [2.24, 2.45) is 0 Å². The highest BCUT2D eigenvalue weighted by Gasteiger charge is 2.27. The molecule has 3 aromatic rings. The highest BCUT2D eigenvalue weighted by molar-refractivity contribution is 6.30. The summed E-state index contributed by atoms with van der Waals surface area (Å²) < 4.78 is 5.48. The first-order chi connectivity index (χ1) is 13.1. The maximum atomic E-state index is 13.1. The van der Waals surface area contributed by atoms with Crippen molar-refractivity contribution in [3.63, 3.8) is 0 Å². The predicted octanol–water partition coefficient (Wildman–Crippen LogP) is 5.07. The van der Waals surface area contributed by atoms with Gasteiger partial charge in [0.15, 0.2) is 0 Å². The van der Waals surface area contributed by atoms with Gasteiger partial charge in [0, 0.05) is 23.2 Å². The van der Waals surface area contributed by atoms with Gasteiger partial charge < -0.3 is 9.42 Å². The molecule has 27 heavy (non-hydrogen) atoms. The Labute approximate surface area is 163 Å². The number of nitrogens with zero attached hydrogens (tertiary/aromatic N) is 3. The number of likely N-dealkylation sites (tertiary alicyclic amines) is 1. The summed E-state index contributed by atoms with van der Waals surface area (Å²) in [7, 11) is 0. The first kappa shape index (κ1) is 17.7.